The molecule has 1 aromatic carbocycles. The molecule has 1 N–H and O–H groups in total. The number of carbonyl (C=O) groups is 1. The highest BCUT2D eigenvalue weighted by Crippen LogP contribution is 2.28. The second-order valence-electron chi connectivity index (χ2n) is 4.08. The Morgan fingerprint density at radius 1 is 1.59 bits per heavy atom. The highest BCUT2D eigenvalue weighted by molar-refractivity contribution is 9.10. The fourth-order valence-corrected chi connectivity index (χ4v) is 2.67. The molecule has 2 rings (SSSR count). The van der Waals surface area contributed by atoms with Crippen LogP contribution in [0.25, 0.3) is 0 Å². The van der Waals surface area contributed by atoms with Gasteiger partial charge in [-0.05, 0) is 47.5 Å². The summed E-state index contributed by atoms with van der Waals surface area (Å²) in [5.41, 5.74) is 0.735. The minimum Gasteiger partial charge on any atom is -0.378 e. The average Bonchev–Trinajstić information content (AvgIpc) is 2.68. The number of ether oxygens (including phenoxy) is 1. The maximum Gasteiger partial charge on any atom is 0.230 e. The van der Waals surface area contributed by atoms with Gasteiger partial charge in [0.2, 0.25) is 5.91 Å². The number of halogens is 2. The molecule has 0 radical (unpaired) electrons. The van der Waals surface area contributed by atoms with E-state index in [-0.39, 0.29) is 17.9 Å². The van der Waals surface area contributed by atoms with E-state index < -0.39 is 0 Å². The second-order valence-corrected chi connectivity index (χ2v) is 5.38. The van der Waals surface area contributed by atoms with E-state index in [0.717, 1.165) is 16.6 Å². The van der Waals surface area contributed by atoms with Crippen molar-refractivity contribution in [3.05, 3.63) is 27.7 Å². The van der Waals surface area contributed by atoms with Gasteiger partial charge >= 0.3 is 0 Å². The lowest BCUT2D eigenvalue weighted by atomic mass is 10.0. The molecule has 5 heteroatoms. The maximum absolute atomic E-state index is 12.0. The van der Waals surface area contributed by atoms with Crippen LogP contribution in [0, 0.1) is 5.92 Å². The molecule has 1 aromatic rings. The monoisotopic (exact) mass is 317 g/mol. The van der Waals surface area contributed by atoms with Gasteiger partial charge in [-0.1, -0.05) is 11.6 Å². The molecule has 0 bridgehead atoms. The van der Waals surface area contributed by atoms with Gasteiger partial charge in [-0.15, -0.1) is 0 Å². The molecule has 92 valence electrons. The summed E-state index contributed by atoms with van der Waals surface area (Å²) in [5, 5.41) is 3.52. The van der Waals surface area contributed by atoms with Crippen molar-refractivity contribution in [3.8, 4) is 0 Å². The highest BCUT2D eigenvalue weighted by Gasteiger charge is 2.30. The molecule has 1 heterocycles. The van der Waals surface area contributed by atoms with E-state index in [1.54, 1.807) is 18.2 Å². The number of rotatable bonds is 2. The van der Waals surface area contributed by atoms with Crippen LogP contribution in [0.1, 0.15) is 13.3 Å². The van der Waals surface area contributed by atoms with Gasteiger partial charge in [-0.2, -0.15) is 0 Å². The van der Waals surface area contributed by atoms with Crippen molar-refractivity contribution in [2.24, 2.45) is 5.92 Å². The summed E-state index contributed by atoms with van der Waals surface area (Å²) >= 11 is 9.21. The van der Waals surface area contributed by atoms with Gasteiger partial charge in [0.1, 0.15) is 0 Å². The Kier molecular flexibility index (Phi) is 4.07. The molecule has 17 heavy (non-hydrogen) atoms. The molecule has 0 aromatic heterocycles. The van der Waals surface area contributed by atoms with Crippen molar-refractivity contribution in [1.82, 2.24) is 0 Å². The van der Waals surface area contributed by atoms with Gasteiger partial charge < -0.3 is 10.1 Å². The first kappa shape index (κ1) is 12.9. The lowest BCUT2D eigenvalue weighted by Gasteiger charge is -2.14. The largest absolute Gasteiger partial charge is 0.378 e. The number of amides is 1. The number of hydrogen-bond acceptors (Lipinski definition) is 2. The van der Waals surface area contributed by atoms with Crippen molar-refractivity contribution < 1.29 is 9.53 Å². The van der Waals surface area contributed by atoms with Gasteiger partial charge in [0.25, 0.3) is 0 Å². The summed E-state index contributed by atoms with van der Waals surface area (Å²) in [4.78, 5) is 12.0. The van der Waals surface area contributed by atoms with Crippen LogP contribution >= 0.6 is 27.5 Å². The van der Waals surface area contributed by atoms with Crippen LogP contribution in [-0.2, 0) is 9.53 Å². The van der Waals surface area contributed by atoms with Crippen LogP contribution in [0.2, 0.25) is 5.02 Å². The quantitative estimate of drug-likeness (QED) is 0.907. The molecule has 0 aliphatic carbocycles. The smallest absolute Gasteiger partial charge is 0.230 e. The minimum atomic E-state index is -0.0717. The number of anilines is 1. The van der Waals surface area contributed by atoms with Crippen molar-refractivity contribution >= 4 is 39.1 Å². The molecular formula is C12H13BrClNO2. The average molecular weight is 319 g/mol. The Labute approximate surface area is 114 Å². The molecule has 1 aliphatic heterocycles. The molecule has 2 atom stereocenters. The van der Waals surface area contributed by atoms with E-state index in [9.17, 15) is 4.79 Å². The summed E-state index contributed by atoms with van der Waals surface area (Å²) in [6.07, 6.45) is 0.763. The van der Waals surface area contributed by atoms with E-state index >= 15 is 0 Å². The first-order valence-corrected chi connectivity index (χ1v) is 6.62. The zero-order chi connectivity index (χ0) is 12.4. The molecule has 2 unspecified atom stereocenters. The van der Waals surface area contributed by atoms with E-state index in [0.29, 0.717) is 11.6 Å². The standard InChI is InChI=1S/C12H13BrClNO2/c1-7-9(4-5-17-7)12(16)15-11-3-2-8(14)6-10(11)13/h2-3,6-7,9H,4-5H2,1H3,(H,15,16). The van der Waals surface area contributed by atoms with Crippen molar-refractivity contribution in [3.63, 3.8) is 0 Å². The number of benzene rings is 1. The van der Waals surface area contributed by atoms with Gasteiger partial charge in [0.15, 0.2) is 0 Å². The second kappa shape index (κ2) is 5.38. The van der Waals surface area contributed by atoms with Crippen LogP contribution in [0.3, 0.4) is 0 Å². The fourth-order valence-electron chi connectivity index (χ4n) is 1.89. The summed E-state index contributed by atoms with van der Waals surface area (Å²) in [5.74, 6) is -0.0735. The van der Waals surface area contributed by atoms with E-state index in [1.165, 1.54) is 0 Å². The third kappa shape index (κ3) is 3.00. The van der Waals surface area contributed by atoms with Crippen molar-refractivity contribution in [2.45, 2.75) is 19.4 Å². The van der Waals surface area contributed by atoms with E-state index in [2.05, 4.69) is 21.2 Å². The fraction of sp³-hybridized carbons (Fsp3) is 0.417. The molecule has 1 saturated heterocycles. The first-order chi connectivity index (χ1) is 8.08. The lowest BCUT2D eigenvalue weighted by molar-refractivity contribution is -0.121. The van der Waals surface area contributed by atoms with Gasteiger partial charge in [0, 0.05) is 16.1 Å². The van der Waals surface area contributed by atoms with Crippen molar-refractivity contribution in [1.29, 1.82) is 0 Å². The van der Waals surface area contributed by atoms with Crippen LogP contribution in [0.5, 0.6) is 0 Å². The molecule has 0 spiro atoms. The van der Waals surface area contributed by atoms with E-state index in [4.69, 9.17) is 16.3 Å². The van der Waals surface area contributed by atoms with Crippen LogP contribution in [0.4, 0.5) is 5.69 Å². The number of hydrogen-bond donors (Lipinski definition) is 1. The van der Waals surface area contributed by atoms with Gasteiger partial charge in [-0.3, -0.25) is 4.79 Å². The Morgan fingerprint density at radius 2 is 2.35 bits per heavy atom. The predicted octanol–water partition coefficient (Wildman–Crippen LogP) is 3.47. The Morgan fingerprint density at radius 3 is 2.94 bits per heavy atom. The number of nitrogens with one attached hydrogen (secondary N) is 1. The van der Waals surface area contributed by atoms with Crippen molar-refractivity contribution in [2.75, 3.05) is 11.9 Å². The third-order valence-electron chi connectivity index (χ3n) is 2.90. The lowest BCUT2D eigenvalue weighted by Crippen LogP contribution is -2.27. The molecule has 1 amide bonds. The SMILES string of the molecule is CC1OCCC1C(=O)Nc1ccc(Cl)cc1Br. The summed E-state index contributed by atoms with van der Waals surface area (Å²) in [7, 11) is 0. The summed E-state index contributed by atoms with van der Waals surface area (Å²) < 4.78 is 6.16. The molecule has 1 aliphatic rings. The van der Waals surface area contributed by atoms with Crippen LogP contribution in [-0.4, -0.2) is 18.6 Å². The predicted molar refractivity (Wildman–Crippen MR) is 71.3 cm³/mol. The normalized spacial score (nSPS) is 23.7. The molecule has 1 fully saturated rings. The molecule has 0 saturated carbocycles. The zero-order valence-corrected chi connectivity index (χ0v) is 11.7. The minimum absolute atomic E-state index is 0.00183. The van der Waals surface area contributed by atoms with Crippen LogP contribution < -0.4 is 5.32 Å². The Hall–Kier alpha value is -0.580. The molecular weight excluding hydrogens is 305 g/mol. The highest BCUT2D eigenvalue weighted by atomic mass is 79.9. The third-order valence-corrected chi connectivity index (χ3v) is 3.79. The number of carbonyl (C=O) groups excluding carboxylic acids is 1. The Balaban J connectivity index is 2.07. The van der Waals surface area contributed by atoms with Gasteiger partial charge in [0.05, 0.1) is 17.7 Å². The van der Waals surface area contributed by atoms with E-state index in [1.807, 2.05) is 6.92 Å². The maximum atomic E-state index is 12.0. The first-order valence-electron chi connectivity index (χ1n) is 5.45. The summed E-state index contributed by atoms with van der Waals surface area (Å²) in [6.45, 7) is 2.58. The topological polar surface area (TPSA) is 38.3 Å². The zero-order valence-electron chi connectivity index (χ0n) is 9.37. The van der Waals surface area contributed by atoms with Crippen LogP contribution in [0.15, 0.2) is 22.7 Å². The Bertz CT molecular complexity index is 439. The van der Waals surface area contributed by atoms with Gasteiger partial charge in [-0.25, -0.2) is 0 Å². The molecule has 3 nitrogen and oxygen atoms in total. The summed E-state index contributed by atoms with van der Waals surface area (Å²) in [6, 6.07) is 5.28.